The number of halogens is 1. The molecule has 0 unspecified atom stereocenters. The van der Waals surface area contributed by atoms with Gasteiger partial charge in [0, 0.05) is 5.56 Å². The Morgan fingerprint density at radius 2 is 1.86 bits per heavy atom. The predicted octanol–water partition coefficient (Wildman–Crippen LogP) is 1.64. The summed E-state index contributed by atoms with van der Waals surface area (Å²) in [7, 11) is 2.81. The first-order chi connectivity index (χ1) is 6.65. The lowest BCUT2D eigenvalue weighted by atomic mass is 10.1. The van der Waals surface area contributed by atoms with E-state index in [2.05, 4.69) is 0 Å². The van der Waals surface area contributed by atoms with Crippen molar-refractivity contribution >= 4 is 0 Å². The fraction of sp³-hybridized carbons (Fsp3) is 0.400. The van der Waals surface area contributed by atoms with Crippen molar-refractivity contribution in [1.82, 2.24) is 0 Å². The zero-order chi connectivity index (χ0) is 10.7. The lowest BCUT2D eigenvalue weighted by Gasteiger charge is -2.13. The average molecular weight is 200 g/mol. The summed E-state index contributed by atoms with van der Waals surface area (Å²) in [6, 6.07) is 1.25. The third kappa shape index (κ3) is 1.65. The summed E-state index contributed by atoms with van der Waals surface area (Å²) in [4.78, 5) is 0. The molecule has 3 nitrogen and oxygen atoms in total. The Hall–Kier alpha value is -1.29. The zero-order valence-electron chi connectivity index (χ0n) is 8.43. The van der Waals surface area contributed by atoms with Crippen molar-refractivity contribution in [2.24, 2.45) is 0 Å². The zero-order valence-corrected chi connectivity index (χ0v) is 8.43. The van der Waals surface area contributed by atoms with Crippen LogP contribution in [-0.2, 0) is 6.61 Å². The average Bonchev–Trinajstić information content (AvgIpc) is 2.20. The summed E-state index contributed by atoms with van der Waals surface area (Å²) < 4.78 is 23.2. The van der Waals surface area contributed by atoms with E-state index < -0.39 is 5.82 Å². The van der Waals surface area contributed by atoms with Gasteiger partial charge in [-0.1, -0.05) is 0 Å². The molecule has 0 heterocycles. The Kier molecular flexibility index (Phi) is 3.30. The normalized spacial score (nSPS) is 10.1. The highest BCUT2D eigenvalue weighted by atomic mass is 19.1. The summed E-state index contributed by atoms with van der Waals surface area (Å²) >= 11 is 0. The monoisotopic (exact) mass is 200 g/mol. The number of aliphatic hydroxyl groups is 1. The van der Waals surface area contributed by atoms with Crippen LogP contribution in [0.5, 0.6) is 11.5 Å². The van der Waals surface area contributed by atoms with Crippen LogP contribution in [0.15, 0.2) is 6.07 Å². The molecule has 0 aromatic heterocycles. The minimum Gasteiger partial charge on any atom is -0.492 e. The maximum Gasteiger partial charge on any atom is 0.197 e. The van der Waals surface area contributed by atoms with Crippen molar-refractivity contribution in [1.29, 1.82) is 0 Å². The SMILES string of the molecule is COc1c(F)cc(CO)c(C)c1OC. The molecule has 1 aromatic carbocycles. The van der Waals surface area contributed by atoms with E-state index >= 15 is 0 Å². The number of rotatable bonds is 3. The third-order valence-electron chi connectivity index (χ3n) is 2.12. The van der Waals surface area contributed by atoms with Gasteiger partial charge in [0.25, 0.3) is 0 Å². The van der Waals surface area contributed by atoms with E-state index in [4.69, 9.17) is 14.6 Å². The van der Waals surface area contributed by atoms with Crippen LogP contribution in [0.25, 0.3) is 0 Å². The number of benzene rings is 1. The molecule has 14 heavy (non-hydrogen) atoms. The van der Waals surface area contributed by atoms with Gasteiger partial charge in [0.15, 0.2) is 17.3 Å². The van der Waals surface area contributed by atoms with Crippen molar-refractivity contribution in [3.63, 3.8) is 0 Å². The Bertz CT molecular complexity index is 337. The first kappa shape index (κ1) is 10.8. The maximum atomic E-state index is 13.3. The molecule has 0 saturated carbocycles. The van der Waals surface area contributed by atoms with Crippen LogP contribution in [0.4, 0.5) is 4.39 Å². The second-order valence-electron chi connectivity index (χ2n) is 2.87. The highest BCUT2D eigenvalue weighted by molar-refractivity contribution is 5.50. The quantitative estimate of drug-likeness (QED) is 0.806. The van der Waals surface area contributed by atoms with Gasteiger partial charge in [-0.3, -0.25) is 0 Å². The predicted molar refractivity (Wildman–Crippen MR) is 50.2 cm³/mol. The maximum absolute atomic E-state index is 13.3. The highest BCUT2D eigenvalue weighted by Crippen LogP contribution is 2.35. The molecule has 0 bridgehead atoms. The van der Waals surface area contributed by atoms with E-state index in [1.165, 1.54) is 20.3 Å². The molecule has 78 valence electrons. The van der Waals surface area contributed by atoms with Crippen LogP contribution in [-0.4, -0.2) is 19.3 Å². The second kappa shape index (κ2) is 4.28. The van der Waals surface area contributed by atoms with E-state index in [9.17, 15) is 4.39 Å². The number of aliphatic hydroxyl groups excluding tert-OH is 1. The summed E-state index contributed by atoms with van der Waals surface area (Å²) in [6.45, 7) is 1.52. The van der Waals surface area contributed by atoms with Gasteiger partial charge in [-0.15, -0.1) is 0 Å². The van der Waals surface area contributed by atoms with E-state index in [0.717, 1.165) is 0 Å². The van der Waals surface area contributed by atoms with Crippen molar-refractivity contribution in [2.45, 2.75) is 13.5 Å². The Morgan fingerprint density at radius 1 is 1.29 bits per heavy atom. The minimum absolute atomic E-state index is 0.0715. The van der Waals surface area contributed by atoms with Crippen LogP contribution in [0.3, 0.4) is 0 Å². The van der Waals surface area contributed by atoms with Crippen molar-refractivity contribution < 1.29 is 19.0 Å². The number of methoxy groups -OCH3 is 2. The Labute approximate surface area is 82.1 Å². The molecule has 1 aromatic rings. The van der Waals surface area contributed by atoms with Gasteiger partial charge in [0.2, 0.25) is 0 Å². The van der Waals surface area contributed by atoms with Crippen LogP contribution in [0.1, 0.15) is 11.1 Å². The van der Waals surface area contributed by atoms with Crippen LogP contribution in [0.2, 0.25) is 0 Å². The van der Waals surface area contributed by atoms with Gasteiger partial charge in [-0.05, 0) is 18.6 Å². The summed E-state index contributed by atoms with van der Waals surface area (Å²) in [6.07, 6.45) is 0. The molecular formula is C10H13FO3. The molecule has 1 N–H and O–H groups in total. The Balaban J connectivity index is 3.40. The van der Waals surface area contributed by atoms with Gasteiger partial charge < -0.3 is 14.6 Å². The summed E-state index contributed by atoms with van der Waals surface area (Å²) in [5, 5.41) is 8.96. The number of hydrogen-bond donors (Lipinski definition) is 1. The largest absolute Gasteiger partial charge is 0.492 e. The lowest BCUT2D eigenvalue weighted by molar-refractivity contribution is 0.277. The first-order valence-corrected chi connectivity index (χ1v) is 4.16. The molecule has 0 aliphatic heterocycles. The highest BCUT2D eigenvalue weighted by Gasteiger charge is 2.16. The van der Waals surface area contributed by atoms with Crippen LogP contribution in [0, 0.1) is 12.7 Å². The number of hydrogen-bond acceptors (Lipinski definition) is 3. The molecule has 0 radical (unpaired) electrons. The van der Waals surface area contributed by atoms with Gasteiger partial charge in [-0.25, -0.2) is 4.39 Å². The van der Waals surface area contributed by atoms with E-state index in [-0.39, 0.29) is 12.4 Å². The van der Waals surface area contributed by atoms with Crippen molar-refractivity contribution in [3.05, 3.63) is 23.0 Å². The van der Waals surface area contributed by atoms with Gasteiger partial charge >= 0.3 is 0 Å². The topological polar surface area (TPSA) is 38.7 Å². The first-order valence-electron chi connectivity index (χ1n) is 4.16. The molecule has 1 rings (SSSR count). The smallest absolute Gasteiger partial charge is 0.197 e. The molecular weight excluding hydrogens is 187 g/mol. The van der Waals surface area contributed by atoms with Crippen molar-refractivity contribution in [3.8, 4) is 11.5 Å². The molecule has 0 saturated heterocycles. The molecule has 0 aliphatic carbocycles. The standard InChI is InChI=1S/C10H13FO3/c1-6-7(5-12)4-8(11)10(14-3)9(6)13-2/h4,12H,5H2,1-3H3. The molecule has 0 aliphatic rings. The molecule has 4 heteroatoms. The molecule has 0 spiro atoms. The second-order valence-corrected chi connectivity index (χ2v) is 2.87. The Morgan fingerprint density at radius 3 is 2.29 bits per heavy atom. The summed E-state index contributed by atoms with van der Waals surface area (Å²) in [5.41, 5.74) is 1.19. The van der Waals surface area contributed by atoms with Gasteiger partial charge in [0.1, 0.15) is 0 Å². The van der Waals surface area contributed by atoms with Gasteiger partial charge in [0.05, 0.1) is 20.8 Å². The minimum atomic E-state index is -0.529. The third-order valence-corrected chi connectivity index (χ3v) is 2.12. The molecule has 0 amide bonds. The van der Waals surface area contributed by atoms with Gasteiger partial charge in [-0.2, -0.15) is 0 Å². The van der Waals surface area contributed by atoms with E-state index in [1.54, 1.807) is 6.92 Å². The van der Waals surface area contributed by atoms with E-state index in [0.29, 0.717) is 16.9 Å². The van der Waals surface area contributed by atoms with E-state index in [1.807, 2.05) is 0 Å². The fourth-order valence-corrected chi connectivity index (χ4v) is 1.35. The van der Waals surface area contributed by atoms with Crippen LogP contribution < -0.4 is 9.47 Å². The van der Waals surface area contributed by atoms with Crippen LogP contribution >= 0.6 is 0 Å². The molecule has 0 atom stereocenters. The lowest BCUT2D eigenvalue weighted by Crippen LogP contribution is -2.00. The number of ether oxygens (including phenoxy) is 2. The summed E-state index contributed by atoms with van der Waals surface area (Å²) in [5.74, 6) is -0.127. The van der Waals surface area contributed by atoms with Crippen molar-refractivity contribution in [2.75, 3.05) is 14.2 Å². The fourth-order valence-electron chi connectivity index (χ4n) is 1.35. The molecule has 0 fully saturated rings.